The Hall–Kier alpha value is -8.98. The molecular formula is C70H50N2. The summed E-state index contributed by atoms with van der Waals surface area (Å²) in [7, 11) is 0. The first kappa shape index (κ1) is 41.9. The van der Waals surface area contributed by atoms with E-state index in [2.05, 4.69) is 290 Å². The third-order valence-electron chi connectivity index (χ3n) is 15.9. The normalized spacial score (nSPS) is 13.6. The van der Waals surface area contributed by atoms with Gasteiger partial charge >= 0.3 is 0 Å². The first-order valence-corrected chi connectivity index (χ1v) is 25.2. The molecule has 2 aliphatic rings. The number of fused-ring (bicyclic) bond motifs is 9. The Morgan fingerprint density at radius 1 is 0.306 bits per heavy atom. The van der Waals surface area contributed by atoms with Crippen molar-refractivity contribution < 1.29 is 0 Å². The largest absolute Gasteiger partial charge is 0.310 e. The highest BCUT2D eigenvalue weighted by molar-refractivity contribution is 6.10. The number of aromatic nitrogens is 1. The SMILES string of the molecule is CC1(C)c2ccccc2-c2ccc(N(c3ccc(-c4ccccc4)cc3)c3ccc4c(c3)C(c3ccccc3)(c3ccccc3)c3cc(-c5ccc6c(c5)c5ccccc5n6-c5ccccc5)ccc3-4)cc21. The first-order valence-electron chi connectivity index (χ1n) is 25.2. The summed E-state index contributed by atoms with van der Waals surface area (Å²) in [6, 6.07) is 99.2. The summed E-state index contributed by atoms with van der Waals surface area (Å²) < 4.78 is 2.39. The van der Waals surface area contributed by atoms with Crippen LogP contribution in [0.4, 0.5) is 17.1 Å². The van der Waals surface area contributed by atoms with E-state index in [1.54, 1.807) is 0 Å². The molecule has 11 aromatic carbocycles. The molecule has 340 valence electrons. The van der Waals surface area contributed by atoms with Crippen LogP contribution < -0.4 is 4.90 Å². The van der Waals surface area contributed by atoms with Gasteiger partial charge in [0.05, 0.1) is 16.4 Å². The van der Waals surface area contributed by atoms with Gasteiger partial charge in [0.2, 0.25) is 0 Å². The lowest BCUT2D eigenvalue weighted by Crippen LogP contribution is -2.28. The molecule has 0 atom stereocenters. The minimum absolute atomic E-state index is 0.151. The summed E-state index contributed by atoms with van der Waals surface area (Å²) in [5, 5.41) is 2.49. The van der Waals surface area contributed by atoms with E-state index in [1.807, 2.05) is 0 Å². The number of anilines is 3. The van der Waals surface area contributed by atoms with E-state index in [9.17, 15) is 0 Å². The van der Waals surface area contributed by atoms with E-state index in [0.717, 1.165) is 22.7 Å². The van der Waals surface area contributed by atoms with Gasteiger partial charge in [-0.3, -0.25) is 0 Å². The molecule has 14 rings (SSSR count). The van der Waals surface area contributed by atoms with Gasteiger partial charge in [0.1, 0.15) is 0 Å². The van der Waals surface area contributed by atoms with Crippen molar-refractivity contribution >= 4 is 38.9 Å². The van der Waals surface area contributed by atoms with E-state index < -0.39 is 5.41 Å². The van der Waals surface area contributed by atoms with Gasteiger partial charge in [-0.2, -0.15) is 0 Å². The third-order valence-corrected chi connectivity index (χ3v) is 15.9. The lowest BCUT2D eigenvalue weighted by molar-refractivity contribution is 0.660. The molecule has 12 aromatic rings. The summed E-state index contributed by atoms with van der Waals surface area (Å²) in [5.41, 5.74) is 23.8. The van der Waals surface area contributed by atoms with Crippen LogP contribution in [-0.2, 0) is 10.8 Å². The molecule has 72 heavy (non-hydrogen) atoms. The van der Waals surface area contributed by atoms with Gasteiger partial charge in [-0.15, -0.1) is 0 Å². The molecule has 0 saturated heterocycles. The smallest absolute Gasteiger partial charge is 0.0714 e. The number of para-hydroxylation sites is 2. The minimum Gasteiger partial charge on any atom is -0.310 e. The van der Waals surface area contributed by atoms with Gasteiger partial charge in [-0.05, 0) is 151 Å². The van der Waals surface area contributed by atoms with E-state index >= 15 is 0 Å². The van der Waals surface area contributed by atoms with Crippen LogP contribution in [0.15, 0.2) is 267 Å². The maximum Gasteiger partial charge on any atom is 0.0714 e. The average molecular weight is 919 g/mol. The van der Waals surface area contributed by atoms with Crippen LogP contribution in [0.5, 0.6) is 0 Å². The zero-order valence-electron chi connectivity index (χ0n) is 40.3. The fourth-order valence-electron chi connectivity index (χ4n) is 12.5. The van der Waals surface area contributed by atoms with Crippen LogP contribution in [0.2, 0.25) is 0 Å². The number of hydrogen-bond donors (Lipinski definition) is 0. The van der Waals surface area contributed by atoms with E-state index in [1.165, 1.54) is 99.7 Å². The van der Waals surface area contributed by atoms with E-state index in [-0.39, 0.29) is 5.41 Å². The molecule has 0 radical (unpaired) electrons. The molecule has 0 aliphatic heterocycles. The van der Waals surface area contributed by atoms with Gasteiger partial charge in [-0.1, -0.05) is 208 Å². The quantitative estimate of drug-likeness (QED) is 0.147. The van der Waals surface area contributed by atoms with Crippen LogP contribution in [0, 0.1) is 0 Å². The molecule has 0 amide bonds. The zero-order valence-corrected chi connectivity index (χ0v) is 40.3. The predicted molar refractivity (Wildman–Crippen MR) is 301 cm³/mol. The fourth-order valence-corrected chi connectivity index (χ4v) is 12.5. The Balaban J connectivity index is 0.977. The van der Waals surface area contributed by atoms with Crippen molar-refractivity contribution in [3.8, 4) is 50.2 Å². The van der Waals surface area contributed by atoms with Crippen molar-refractivity contribution in [2.75, 3.05) is 4.90 Å². The maximum atomic E-state index is 2.50. The summed E-state index contributed by atoms with van der Waals surface area (Å²) in [5.74, 6) is 0. The molecule has 0 unspecified atom stereocenters. The lowest BCUT2D eigenvalue weighted by atomic mass is 9.67. The second-order valence-electron chi connectivity index (χ2n) is 20.0. The van der Waals surface area contributed by atoms with E-state index in [4.69, 9.17) is 0 Å². The van der Waals surface area contributed by atoms with Crippen LogP contribution in [-0.4, -0.2) is 4.57 Å². The number of hydrogen-bond acceptors (Lipinski definition) is 1. The second-order valence-corrected chi connectivity index (χ2v) is 20.0. The Kier molecular flexibility index (Phi) is 9.50. The van der Waals surface area contributed by atoms with Crippen molar-refractivity contribution in [1.82, 2.24) is 4.57 Å². The summed E-state index contributed by atoms with van der Waals surface area (Å²) in [6.07, 6.45) is 0. The average Bonchev–Trinajstić information content (AvgIpc) is 4.02. The number of rotatable bonds is 8. The molecule has 1 aromatic heterocycles. The molecule has 0 saturated carbocycles. The van der Waals surface area contributed by atoms with Gasteiger partial charge in [0, 0.05) is 38.9 Å². The highest BCUT2D eigenvalue weighted by Gasteiger charge is 2.47. The molecule has 0 fully saturated rings. The van der Waals surface area contributed by atoms with Gasteiger partial charge < -0.3 is 9.47 Å². The van der Waals surface area contributed by atoms with Gasteiger partial charge in [-0.25, -0.2) is 0 Å². The monoisotopic (exact) mass is 918 g/mol. The molecule has 2 aliphatic carbocycles. The highest BCUT2D eigenvalue weighted by Crippen LogP contribution is 2.58. The van der Waals surface area contributed by atoms with Crippen LogP contribution in [0.25, 0.3) is 72.0 Å². The van der Waals surface area contributed by atoms with Crippen molar-refractivity contribution in [2.45, 2.75) is 24.7 Å². The molecule has 2 heteroatoms. The molecule has 2 nitrogen and oxygen atoms in total. The number of benzene rings is 11. The highest BCUT2D eigenvalue weighted by atomic mass is 15.1. The Bertz CT molecular complexity index is 4000. The minimum atomic E-state index is -0.628. The molecule has 1 heterocycles. The first-order chi connectivity index (χ1) is 35.5. The van der Waals surface area contributed by atoms with Crippen molar-refractivity contribution in [2.24, 2.45) is 0 Å². The summed E-state index contributed by atoms with van der Waals surface area (Å²) in [6.45, 7) is 4.74. The van der Waals surface area contributed by atoms with Crippen LogP contribution in [0.1, 0.15) is 47.2 Å². The second kappa shape index (κ2) is 16.3. The molecule has 0 spiro atoms. The van der Waals surface area contributed by atoms with E-state index in [0.29, 0.717) is 0 Å². The number of nitrogens with zero attached hydrogens (tertiary/aromatic N) is 2. The Labute approximate surface area is 421 Å². The molecule has 0 N–H and O–H groups in total. The van der Waals surface area contributed by atoms with Gasteiger partial charge in [0.15, 0.2) is 0 Å². The molecular weight excluding hydrogens is 869 g/mol. The van der Waals surface area contributed by atoms with Crippen molar-refractivity contribution in [3.05, 3.63) is 300 Å². The third kappa shape index (κ3) is 6.28. The summed E-state index contributed by atoms with van der Waals surface area (Å²) in [4.78, 5) is 2.48. The maximum absolute atomic E-state index is 2.50. The zero-order chi connectivity index (χ0) is 48.0. The van der Waals surface area contributed by atoms with Gasteiger partial charge in [0.25, 0.3) is 0 Å². The topological polar surface area (TPSA) is 8.17 Å². The Morgan fingerprint density at radius 2 is 0.764 bits per heavy atom. The standard InChI is InChI=1S/C70H50N2/c1-69(2)63-29-17-15-27-57(63)58-40-37-55(45-64(58)69)71(54-35-31-48(32-36-54)47-19-7-3-8-20-47)56-38-41-60-59-39-33-50(44-65(59)70(66(60)46-56,51-21-9-4-10-22-51)52-23-11-5-12-24-52)49-34-42-68-62(43-49)61-28-16-18-30-67(61)72(68)53-25-13-6-14-26-53/h3-46H,1-2H3. The Morgan fingerprint density at radius 3 is 1.46 bits per heavy atom. The van der Waals surface area contributed by atoms with Crippen molar-refractivity contribution in [3.63, 3.8) is 0 Å². The lowest BCUT2D eigenvalue weighted by Gasteiger charge is -2.35. The fraction of sp³-hybridized carbons (Fsp3) is 0.0571. The van der Waals surface area contributed by atoms with Crippen molar-refractivity contribution in [1.29, 1.82) is 0 Å². The predicted octanol–water partition coefficient (Wildman–Crippen LogP) is 18.3. The van der Waals surface area contributed by atoms with Crippen LogP contribution in [0.3, 0.4) is 0 Å². The van der Waals surface area contributed by atoms with Crippen LogP contribution >= 0.6 is 0 Å². The molecule has 0 bridgehead atoms. The summed E-state index contributed by atoms with van der Waals surface area (Å²) >= 11 is 0.